The summed E-state index contributed by atoms with van der Waals surface area (Å²) in [5.74, 6) is 0.611. The van der Waals surface area contributed by atoms with Crippen molar-refractivity contribution >= 4 is 0 Å². The van der Waals surface area contributed by atoms with Crippen LogP contribution in [0.3, 0.4) is 0 Å². The van der Waals surface area contributed by atoms with Crippen LogP contribution in [-0.4, -0.2) is 11.6 Å². The monoisotopic (exact) mass is 128 g/mol. The van der Waals surface area contributed by atoms with Gasteiger partial charge >= 0.3 is 0 Å². The van der Waals surface area contributed by atoms with E-state index in [0.29, 0.717) is 12.0 Å². The molecule has 2 nitrogen and oxygen atoms in total. The lowest BCUT2D eigenvalue weighted by Crippen LogP contribution is -2.34. The summed E-state index contributed by atoms with van der Waals surface area (Å²) in [5, 5.41) is 0. The molecule has 1 rings (SSSR count). The van der Waals surface area contributed by atoms with E-state index in [9.17, 15) is 0 Å². The number of nitrogens with two attached hydrogens (primary N) is 2. The van der Waals surface area contributed by atoms with Gasteiger partial charge in [0.05, 0.1) is 0 Å². The summed E-state index contributed by atoms with van der Waals surface area (Å²) >= 11 is 0. The first kappa shape index (κ1) is 7.03. The lowest BCUT2D eigenvalue weighted by Gasteiger charge is -2.15. The third-order valence-corrected chi connectivity index (χ3v) is 2.22. The topological polar surface area (TPSA) is 52.0 Å². The van der Waals surface area contributed by atoms with Gasteiger partial charge in [-0.2, -0.15) is 0 Å². The molecule has 1 fully saturated rings. The van der Waals surface area contributed by atoms with Gasteiger partial charge < -0.3 is 11.5 Å². The lowest BCUT2D eigenvalue weighted by atomic mass is 10.0. The van der Waals surface area contributed by atoms with Crippen molar-refractivity contribution in [1.82, 2.24) is 0 Å². The molecular formula is C7H16N2. The van der Waals surface area contributed by atoms with Gasteiger partial charge in [0.25, 0.3) is 0 Å². The van der Waals surface area contributed by atoms with Crippen LogP contribution in [0.5, 0.6) is 0 Å². The molecule has 0 heterocycles. The summed E-state index contributed by atoms with van der Waals surface area (Å²) < 4.78 is 0. The van der Waals surface area contributed by atoms with Gasteiger partial charge in [0, 0.05) is 11.6 Å². The zero-order valence-electron chi connectivity index (χ0n) is 6.22. The zero-order valence-corrected chi connectivity index (χ0v) is 6.22. The molecule has 0 unspecified atom stereocenters. The second-order valence-corrected chi connectivity index (χ2v) is 3.70. The molecule has 1 saturated carbocycles. The molecule has 0 aromatic rings. The number of hydrogen-bond acceptors (Lipinski definition) is 2. The van der Waals surface area contributed by atoms with Crippen LogP contribution >= 0.6 is 0 Å². The van der Waals surface area contributed by atoms with Crippen LogP contribution in [0.15, 0.2) is 0 Å². The molecule has 9 heavy (non-hydrogen) atoms. The molecule has 54 valence electrons. The van der Waals surface area contributed by atoms with Crippen molar-refractivity contribution in [3.05, 3.63) is 0 Å². The van der Waals surface area contributed by atoms with Crippen molar-refractivity contribution < 1.29 is 0 Å². The fraction of sp³-hybridized carbons (Fsp3) is 1.00. The van der Waals surface area contributed by atoms with E-state index in [1.54, 1.807) is 0 Å². The van der Waals surface area contributed by atoms with Gasteiger partial charge in [-0.3, -0.25) is 0 Å². The fourth-order valence-corrected chi connectivity index (χ4v) is 1.71. The van der Waals surface area contributed by atoms with E-state index in [0.717, 1.165) is 12.8 Å². The Morgan fingerprint density at radius 1 is 1.44 bits per heavy atom. The Kier molecular flexibility index (Phi) is 1.53. The third kappa shape index (κ3) is 1.43. The maximum Gasteiger partial charge on any atom is 0.0143 e. The highest BCUT2D eigenvalue weighted by Gasteiger charge is 2.34. The normalized spacial score (nSPS) is 52.0. The summed E-state index contributed by atoms with van der Waals surface area (Å²) in [6.45, 7) is 4.25. The van der Waals surface area contributed by atoms with E-state index < -0.39 is 0 Å². The molecule has 1 aliphatic carbocycles. The summed E-state index contributed by atoms with van der Waals surface area (Å²) in [6.07, 6.45) is 2.06. The van der Waals surface area contributed by atoms with Crippen LogP contribution in [0.1, 0.15) is 26.7 Å². The fourth-order valence-electron chi connectivity index (χ4n) is 1.71. The maximum absolute atomic E-state index is 5.88. The average molecular weight is 128 g/mol. The highest BCUT2D eigenvalue weighted by molar-refractivity contribution is 4.95. The molecule has 4 N–H and O–H groups in total. The molecule has 3 atom stereocenters. The van der Waals surface area contributed by atoms with Crippen molar-refractivity contribution in [3.63, 3.8) is 0 Å². The van der Waals surface area contributed by atoms with Crippen LogP contribution < -0.4 is 11.5 Å². The van der Waals surface area contributed by atoms with E-state index >= 15 is 0 Å². The Morgan fingerprint density at radius 2 is 2.00 bits per heavy atom. The number of rotatable bonds is 0. The largest absolute Gasteiger partial charge is 0.327 e. The minimum Gasteiger partial charge on any atom is -0.327 e. The molecule has 0 radical (unpaired) electrons. The van der Waals surface area contributed by atoms with E-state index in [1.807, 2.05) is 0 Å². The standard InChI is InChI=1S/C7H16N2/c1-5-3-7(2,9)4-6(5)8/h5-6H,3-4,8-9H2,1-2H3/t5-,6-,7+/m0/s1. The molecule has 0 aromatic carbocycles. The van der Waals surface area contributed by atoms with Crippen molar-refractivity contribution in [2.75, 3.05) is 0 Å². The van der Waals surface area contributed by atoms with Gasteiger partial charge in [-0.1, -0.05) is 6.92 Å². The minimum atomic E-state index is 0.0127. The summed E-state index contributed by atoms with van der Waals surface area (Å²) in [4.78, 5) is 0. The van der Waals surface area contributed by atoms with E-state index in [4.69, 9.17) is 11.5 Å². The van der Waals surface area contributed by atoms with Gasteiger partial charge in [0.2, 0.25) is 0 Å². The smallest absolute Gasteiger partial charge is 0.0143 e. The molecule has 0 amide bonds. The van der Waals surface area contributed by atoms with E-state index in [-0.39, 0.29) is 5.54 Å². The average Bonchev–Trinajstić information content (AvgIpc) is 1.79. The van der Waals surface area contributed by atoms with Crippen LogP contribution in [-0.2, 0) is 0 Å². The predicted molar refractivity (Wildman–Crippen MR) is 39.0 cm³/mol. The molecule has 0 spiro atoms. The van der Waals surface area contributed by atoms with Crippen LogP contribution in [0.25, 0.3) is 0 Å². The van der Waals surface area contributed by atoms with Gasteiger partial charge in [0.1, 0.15) is 0 Å². The Labute approximate surface area is 56.6 Å². The molecule has 0 aromatic heterocycles. The van der Waals surface area contributed by atoms with Gasteiger partial charge in [-0.15, -0.1) is 0 Å². The van der Waals surface area contributed by atoms with E-state index in [1.165, 1.54) is 0 Å². The second-order valence-electron chi connectivity index (χ2n) is 3.70. The van der Waals surface area contributed by atoms with Crippen molar-refractivity contribution in [2.24, 2.45) is 17.4 Å². The molecule has 0 aliphatic heterocycles. The Hall–Kier alpha value is -0.0800. The van der Waals surface area contributed by atoms with Crippen LogP contribution in [0.2, 0.25) is 0 Å². The maximum atomic E-state index is 5.88. The van der Waals surface area contributed by atoms with Gasteiger partial charge in [0.15, 0.2) is 0 Å². The first-order chi connectivity index (χ1) is 4.01. The Balaban J connectivity index is 2.54. The van der Waals surface area contributed by atoms with Gasteiger partial charge in [-0.05, 0) is 25.7 Å². The van der Waals surface area contributed by atoms with E-state index in [2.05, 4.69) is 13.8 Å². The SMILES string of the molecule is C[C@H]1C[C@@](C)(N)C[C@@H]1N. The summed E-state index contributed by atoms with van der Waals surface area (Å²) in [7, 11) is 0. The third-order valence-electron chi connectivity index (χ3n) is 2.22. The first-order valence-electron chi connectivity index (χ1n) is 3.56. The van der Waals surface area contributed by atoms with Crippen molar-refractivity contribution in [3.8, 4) is 0 Å². The first-order valence-corrected chi connectivity index (χ1v) is 3.56. The summed E-state index contributed by atoms with van der Waals surface area (Å²) in [6, 6.07) is 0.333. The van der Waals surface area contributed by atoms with Crippen LogP contribution in [0.4, 0.5) is 0 Å². The lowest BCUT2D eigenvalue weighted by molar-refractivity contribution is 0.464. The summed E-state index contributed by atoms with van der Waals surface area (Å²) in [5.41, 5.74) is 11.7. The molecule has 1 aliphatic rings. The Bertz CT molecular complexity index is 97.5. The van der Waals surface area contributed by atoms with Crippen molar-refractivity contribution in [2.45, 2.75) is 38.3 Å². The predicted octanol–water partition coefficient (Wildman–Crippen LogP) is 0.461. The molecule has 2 heteroatoms. The molecule has 0 saturated heterocycles. The highest BCUT2D eigenvalue weighted by atomic mass is 14.8. The second kappa shape index (κ2) is 1.96. The molecular weight excluding hydrogens is 112 g/mol. The van der Waals surface area contributed by atoms with Gasteiger partial charge in [-0.25, -0.2) is 0 Å². The Morgan fingerprint density at radius 3 is 2.11 bits per heavy atom. The van der Waals surface area contributed by atoms with Crippen molar-refractivity contribution in [1.29, 1.82) is 0 Å². The highest BCUT2D eigenvalue weighted by Crippen LogP contribution is 2.30. The van der Waals surface area contributed by atoms with Crippen LogP contribution in [0, 0.1) is 5.92 Å². The molecule has 0 bridgehead atoms. The quantitative estimate of drug-likeness (QED) is 0.498. The minimum absolute atomic E-state index is 0.0127. The zero-order chi connectivity index (χ0) is 7.07. The number of hydrogen-bond donors (Lipinski definition) is 2.